The van der Waals surface area contributed by atoms with Crippen LogP contribution in [0.3, 0.4) is 0 Å². The minimum absolute atomic E-state index is 0.179. The smallest absolute Gasteiger partial charge is 0.417 e. The first-order valence-electron chi connectivity index (χ1n) is 6.40. The fraction of sp³-hybridized carbons (Fsp3) is 0.118. The quantitative estimate of drug-likeness (QED) is 0.871. The molecule has 0 atom stereocenters. The van der Waals surface area contributed by atoms with E-state index in [0.717, 1.165) is 5.56 Å². The van der Waals surface area contributed by atoms with Crippen LogP contribution in [0.1, 0.15) is 5.56 Å². The van der Waals surface area contributed by atoms with Gasteiger partial charge in [-0.15, -0.1) is 6.42 Å². The lowest BCUT2D eigenvalue weighted by molar-refractivity contribution is 0.215. The summed E-state index contributed by atoms with van der Waals surface area (Å²) in [6, 6.07) is 14.2. The Morgan fingerprint density at radius 3 is 2.71 bits per heavy atom. The van der Waals surface area contributed by atoms with Gasteiger partial charge in [0.25, 0.3) is 0 Å². The van der Waals surface area contributed by atoms with Crippen LogP contribution in [-0.4, -0.2) is 12.7 Å². The first kappa shape index (κ1) is 14.5. The molecule has 0 aromatic heterocycles. The Kier molecular flexibility index (Phi) is 4.84. The molecule has 21 heavy (non-hydrogen) atoms. The van der Waals surface area contributed by atoms with Gasteiger partial charge in [0.15, 0.2) is 0 Å². The van der Waals surface area contributed by atoms with Crippen LogP contribution in [0.15, 0.2) is 48.5 Å². The molecule has 0 radical (unpaired) electrons. The zero-order valence-electron chi connectivity index (χ0n) is 11.6. The maximum Gasteiger partial charge on any atom is 0.417 e. The number of ether oxygens (including phenoxy) is 2. The highest BCUT2D eigenvalue weighted by molar-refractivity contribution is 5.86. The molecule has 0 aliphatic rings. The molecule has 2 aromatic carbocycles. The van der Waals surface area contributed by atoms with Crippen molar-refractivity contribution in [2.45, 2.75) is 6.92 Å². The van der Waals surface area contributed by atoms with Crippen molar-refractivity contribution >= 4 is 11.8 Å². The van der Waals surface area contributed by atoms with Crippen LogP contribution in [-0.2, 0) is 0 Å². The van der Waals surface area contributed by atoms with Crippen LogP contribution in [0.4, 0.5) is 10.5 Å². The predicted octanol–water partition coefficient (Wildman–Crippen LogP) is 3.62. The number of anilines is 1. The summed E-state index contributed by atoms with van der Waals surface area (Å²) >= 11 is 0. The Hall–Kier alpha value is -2.93. The van der Waals surface area contributed by atoms with E-state index in [-0.39, 0.29) is 6.61 Å². The number of rotatable bonds is 4. The van der Waals surface area contributed by atoms with Crippen molar-refractivity contribution in [2.24, 2.45) is 0 Å². The lowest BCUT2D eigenvalue weighted by Crippen LogP contribution is -2.16. The van der Waals surface area contributed by atoms with Crippen molar-refractivity contribution in [2.75, 3.05) is 11.9 Å². The second-order valence-electron chi connectivity index (χ2n) is 4.30. The maximum atomic E-state index is 11.8. The molecule has 1 N–H and O–H groups in total. The van der Waals surface area contributed by atoms with Gasteiger partial charge in [0.05, 0.1) is 0 Å². The molecular weight excluding hydrogens is 266 g/mol. The molecular formula is C17H15NO3. The average molecular weight is 281 g/mol. The zero-order valence-corrected chi connectivity index (χ0v) is 11.6. The number of carbonyl (C=O) groups is 1. The van der Waals surface area contributed by atoms with Crippen LogP contribution in [0.2, 0.25) is 0 Å². The molecule has 0 bridgehead atoms. The number of terminal acetylenes is 1. The van der Waals surface area contributed by atoms with Gasteiger partial charge in [-0.3, -0.25) is 5.32 Å². The topological polar surface area (TPSA) is 47.6 Å². The third-order valence-corrected chi connectivity index (χ3v) is 2.70. The minimum atomic E-state index is -0.562. The highest BCUT2D eigenvalue weighted by Gasteiger charge is 2.07. The SMILES string of the molecule is C#CCOc1cc(NC(=O)Oc2ccccc2)ccc1C. The predicted molar refractivity (Wildman–Crippen MR) is 81.6 cm³/mol. The largest absolute Gasteiger partial charge is 0.481 e. The molecule has 2 rings (SSSR count). The Morgan fingerprint density at radius 2 is 2.00 bits per heavy atom. The third-order valence-electron chi connectivity index (χ3n) is 2.70. The summed E-state index contributed by atoms with van der Waals surface area (Å²) in [5.41, 5.74) is 1.51. The van der Waals surface area contributed by atoms with Gasteiger partial charge in [-0.05, 0) is 30.7 Å². The van der Waals surface area contributed by atoms with Crippen molar-refractivity contribution in [1.29, 1.82) is 0 Å². The van der Waals surface area contributed by atoms with Crippen molar-refractivity contribution in [1.82, 2.24) is 0 Å². The van der Waals surface area contributed by atoms with Crippen LogP contribution in [0.25, 0.3) is 0 Å². The van der Waals surface area contributed by atoms with Crippen LogP contribution >= 0.6 is 0 Å². The van der Waals surface area contributed by atoms with Gasteiger partial charge < -0.3 is 9.47 Å². The van der Waals surface area contributed by atoms with E-state index in [1.807, 2.05) is 19.1 Å². The highest BCUT2D eigenvalue weighted by Crippen LogP contribution is 2.23. The van der Waals surface area contributed by atoms with Crippen molar-refractivity contribution in [3.63, 3.8) is 0 Å². The summed E-state index contributed by atoms with van der Waals surface area (Å²) in [6.45, 7) is 2.08. The zero-order chi connectivity index (χ0) is 15.1. The number of nitrogens with one attached hydrogen (secondary N) is 1. The van der Waals surface area contributed by atoms with E-state index < -0.39 is 6.09 Å². The van der Waals surface area contributed by atoms with E-state index in [2.05, 4.69) is 11.2 Å². The molecule has 0 aliphatic heterocycles. The Bertz CT molecular complexity index is 659. The van der Waals surface area contributed by atoms with E-state index >= 15 is 0 Å². The van der Waals surface area contributed by atoms with Gasteiger partial charge in [-0.25, -0.2) is 4.79 Å². The summed E-state index contributed by atoms with van der Waals surface area (Å²) in [4.78, 5) is 11.8. The lowest BCUT2D eigenvalue weighted by Gasteiger charge is -2.10. The second kappa shape index (κ2) is 7.01. The summed E-state index contributed by atoms with van der Waals surface area (Å²) in [5, 5.41) is 2.64. The standard InChI is InChI=1S/C17H15NO3/c1-3-11-20-16-12-14(10-9-13(16)2)18-17(19)21-15-7-5-4-6-8-15/h1,4-10,12H,11H2,2H3,(H,18,19). The normalized spacial score (nSPS) is 9.52. The van der Waals surface area contributed by atoms with E-state index in [1.54, 1.807) is 36.4 Å². The molecule has 0 spiro atoms. The molecule has 0 saturated carbocycles. The number of hydrogen-bond donors (Lipinski definition) is 1. The van der Waals surface area contributed by atoms with E-state index in [0.29, 0.717) is 17.2 Å². The van der Waals surface area contributed by atoms with E-state index in [1.165, 1.54) is 0 Å². The van der Waals surface area contributed by atoms with Gasteiger partial charge in [0.2, 0.25) is 0 Å². The summed E-state index contributed by atoms with van der Waals surface area (Å²) in [7, 11) is 0. The van der Waals surface area contributed by atoms with E-state index in [9.17, 15) is 4.79 Å². The second-order valence-corrected chi connectivity index (χ2v) is 4.30. The van der Waals surface area contributed by atoms with Crippen molar-refractivity contribution in [3.8, 4) is 23.8 Å². The van der Waals surface area contributed by atoms with Gasteiger partial charge in [0.1, 0.15) is 18.1 Å². The van der Waals surface area contributed by atoms with Gasteiger partial charge in [0, 0.05) is 11.8 Å². The Morgan fingerprint density at radius 1 is 1.24 bits per heavy atom. The van der Waals surface area contributed by atoms with Crippen molar-refractivity contribution in [3.05, 3.63) is 54.1 Å². The molecule has 0 unspecified atom stereocenters. The summed E-state index contributed by atoms with van der Waals surface area (Å²) in [5.74, 6) is 3.51. The molecule has 0 heterocycles. The van der Waals surface area contributed by atoms with Gasteiger partial charge in [-0.1, -0.05) is 30.2 Å². The minimum Gasteiger partial charge on any atom is -0.481 e. The van der Waals surface area contributed by atoms with Crippen LogP contribution < -0.4 is 14.8 Å². The molecule has 0 fully saturated rings. The fourth-order valence-electron chi connectivity index (χ4n) is 1.69. The Balaban J connectivity index is 2.02. The van der Waals surface area contributed by atoms with Crippen LogP contribution in [0, 0.1) is 19.3 Å². The van der Waals surface area contributed by atoms with E-state index in [4.69, 9.17) is 15.9 Å². The molecule has 4 heteroatoms. The molecule has 0 aliphatic carbocycles. The molecule has 4 nitrogen and oxygen atoms in total. The number of aryl methyl sites for hydroxylation is 1. The highest BCUT2D eigenvalue weighted by atomic mass is 16.6. The molecule has 0 saturated heterocycles. The fourth-order valence-corrected chi connectivity index (χ4v) is 1.69. The number of benzene rings is 2. The summed E-state index contributed by atoms with van der Waals surface area (Å²) < 4.78 is 10.5. The van der Waals surface area contributed by atoms with Crippen LogP contribution in [0.5, 0.6) is 11.5 Å². The number of hydrogen-bond acceptors (Lipinski definition) is 3. The maximum absolute atomic E-state index is 11.8. The molecule has 106 valence electrons. The lowest BCUT2D eigenvalue weighted by atomic mass is 10.2. The number of amides is 1. The summed E-state index contributed by atoms with van der Waals surface area (Å²) in [6.07, 6.45) is 4.60. The molecule has 2 aromatic rings. The monoisotopic (exact) mass is 281 g/mol. The van der Waals surface area contributed by atoms with Crippen molar-refractivity contribution < 1.29 is 14.3 Å². The van der Waals surface area contributed by atoms with Gasteiger partial charge in [-0.2, -0.15) is 0 Å². The van der Waals surface area contributed by atoms with Gasteiger partial charge >= 0.3 is 6.09 Å². The third kappa shape index (κ3) is 4.29. The first-order valence-corrected chi connectivity index (χ1v) is 6.40. The Labute approximate surface area is 123 Å². The molecule has 1 amide bonds. The number of para-hydroxylation sites is 1. The average Bonchev–Trinajstić information content (AvgIpc) is 2.48. The number of carbonyl (C=O) groups excluding carboxylic acids is 1. The first-order chi connectivity index (χ1) is 10.2.